The summed E-state index contributed by atoms with van der Waals surface area (Å²) < 4.78 is 39.9. The number of piperazine rings is 1. The molecule has 1 heterocycles. The molecule has 1 saturated heterocycles. The Labute approximate surface area is 157 Å². The van der Waals surface area contributed by atoms with Crippen LogP contribution in [-0.4, -0.2) is 37.8 Å². The largest absolute Gasteiger partial charge is 0.309 e. The van der Waals surface area contributed by atoms with Crippen molar-refractivity contribution < 1.29 is 17.6 Å². The minimum atomic E-state index is -3.89. The molecule has 0 N–H and O–H groups in total. The van der Waals surface area contributed by atoms with Crippen molar-refractivity contribution >= 4 is 33.2 Å². The van der Waals surface area contributed by atoms with Gasteiger partial charge in [-0.1, -0.05) is 17.7 Å². The van der Waals surface area contributed by atoms with Gasteiger partial charge in [0.1, 0.15) is 11.9 Å². The quantitative estimate of drug-likeness (QED) is 0.800. The third-order valence-corrected chi connectivity index (χ3v) is 6.94. The van der Waals surface area contributed by atoms with Crippen LogP contribution in [0.5, 0.6) is 0 Å². The highest BCUT2D eigenvalue weighted by molar-refractivity contribution is 7.89. The van der Waals surface area contributed by atoms with E-state index in [1.165, 1.54) is 12.1 Å². The van der Waals surface area contributed by atoms with E-state index in [9.17, 15) is 17.6 Å². The number of hydrogen-bond acceptors (Lipinski definition) is 3. The summed E-state index contributed by atoms with van der Waals surface area (Å²) in [5.41, 5.74) is 1.44. The van der Waals surface area contributed by atoms with Gasteiger partial charge in [0.05, 0.1) is 4.90 Å². The second kappa shape index (κ2) is 6.98. The van der Waals surface area contributed by atoms with E-state index in [1.807, 2.05) is 6.92 Å². The normalized spacial score (nSPS) is 19.0. The lowest BCUT2D eigenvalue weighted by Gasteiger charge is -2.38. The highest BCUT2D eigenvalue weighted by Gasteiger charge is 2.39. The Kier molecular flexibility index (Phi) is 5.05. The summed E-state index contributed by atoms with van der Waals surface area (Å²) in [4.78, 5) is 14.4. The van der Waals surface area contributed by atoms with Crippen molar-refractivity contribution in [1.29, 1.82) is 0 Å². The van der Waals surface area contributed by atoms with Crippen molar-refractivity contribution in [2.45, 2.75) is 24.8 Å². The molecule has 0 aliphatic carbocycles. The van der Waals surface area contributed by atoms with E-state index in [2.05, 4.69) is 0 Å². The van der Waals surface area contributed by atoms with Gasteiger partial charge in [-0.15, -0.1) is 0 Å². The molecular weight excluding hydrogens is 379 g/mol. The lowest BCUT2D eigenvalue weighted by Crippen LogP contribution is -2.57. The third kappa shape index (κ3) is 3.22. The molecule has 0 bridgehead atoms. The number of carbonyl (C=O) groups is 1. The van der Waals surface area contributed by atoms with Crippen LogP contribution in [0.15, 0.2) is 47.4 Å². The molecule has 0 aromatic heterocycles. The maximum Gasteiger partial charge on any atom is 0.245 e. The smallest absolute Gasteiger partial charge is 0.245 e. The van der Waals surface area contributed by atoms with Crippen molar-refractivity contribution in [3.8, 4) is 0 Å². The highest BCUT2D eigenvalue weighted by Crippen LogP contribution is 2.30. The molecule has 8 heteroatoms. The molecule has 138 valence electrons. The standard InChI is InChI=1S/C18H18ClFN2O3S/c1-12-16(19)4-3-5-17(12)21-10-11-22(13(2)18(21)23)26(24,25)15-8-6-14(20)7-9-15/h3-9,13H,10-11H2,1-2H3/t13-/m0/s1. The summed E-state index contributed by atoms with van der Waals surface area (Å²) in [6.07, 6.45) is 0. The second-order valence-electron chi connectivity index (χ2n) is 6.12. The van der Waals surface area contributed by atoms with E-state index in [0.29, 0.717) is 10.7 Å². The fourth-order valence-electron chi connectivity index (χ4n) is 3.05. The molecule has 2 aromatic carbocycles. The lowest BCUT2D eigenvalue weighted by atomic mass is 10.1. The van der Waals surface area contributed by atoms with Crippen LogP contribution >= 0.6 is 11.6 Å². The van der Waals surface area contributed by atoms with Gasteiger partial charge in [0.15, 0.2) is 0 Å². The molecule has 1 atom stereocenters. The molecular formula is C18H18ClFN2O3S. The summed E-state index contributed by atoms with van der Waals surface area (Å²) in [6, 6.07) is 8.99. The topological polar surface area (TPSA) is 57.7 Å². The summed E-state index contributed by atoms with van der Waals surface area (Å²) in [5.74, 6) is -0.846. The SMILES string of the molecule is Cc1c(Cl)cccc1N1CCN(S(=O)(=O)c2ccc(F)cc2)[C@@H](C)C1=O. The molecule has 0 radical (unpaired) electrons. The Morgan fingerprint density at radius 2 is 1.77 bits per heavy atom. The van der Waals surface area contributed by atoms with Crippen LogP contribution in [0.4, 0.5) is 10.1 Å². The number of rotatable bonds is 3. The Morgan fingerprint density at radius 1 is 1.12 bits per heavy atom. The fourth-order valence-corrected chi connectivity index (χ4v) is 4.80. The van der Waals surface area contributed by atoms with Gasteiger partial charge in [0, 0.05) is 23.8 Å². The van der Waals surface area contributed by atoms with Crippen LogP contribution in [0.25, 0.3) is 0 Å². The van der Waals surface area contributed by atoms with Crippen molar-refractivity contribution in [1.82, 2.24) is 4.31 Å². The van der Waals surface area contributed by atoms with E-state index >= 15 is 0 Å². The molecule has 26 heavy (non-hydrogen) atoms. The van der Waals surface area contributed by atoms with Crippen molar-refractivity contribution in [2.75, 3.05) is 18.0 Å². The minimum absolute atomic E-state index is 0.0362. The molecule has 0 saturated carbocycles. The molecule has 3 rings (SSSR count). The molecule has 1 fully saturated rings. The van der Waals surface area contributed by atoms with Gasteiger partial charge in [-0.25, -0.2) is 12.8 Å². The van der Waals surface area contributed by atoms with Crippen LogP contribution in [0.3, 0.4) is 0 Å². The minimum Gasteiger partial charge on any atom is -0.309 e. The van der Waals surface area contributed by atoms with E-state index in [0.717, 1.165) is 22.0 Å². The summed E-state index contributed by atoms with van der Waals surface area (Å²) >= 11 is 6.14. The molecule has 0 unspecified atom stereocenters. The summed E-state index contributed by atoms with van der Waals surface area (Å²) in [6.45, 7) is 3.72. The Morgan fingerprint density at radius 3 is 2.42 bits per heavy atom. The Hall–Kier alpha value is -1.96. The van der Waals surface area contributed by atoms with Gasteiger partial charge in [0.2, 0.25) is 15.9 Å². The van der Waals surface area contributed by atoms with Crippen LogP contribution in [0.2, 0.25) is 5.02 Å². The molecule has 1 aliphatic heterocycles. The number of benzene rings is 2. The highest BCUT2D eigenvalue weighted by atomic mass is 35.5. The first kappa shape index (κ1) is 18.8. The second-order valence-corrected chi connectivity index (χ2v) is 8.42. The average Bonchev–Trinajstić information content (AvgIpc) is 2.60. The fraction of sp³-hybridized carbons (Fsp3) is 0.278. The maximum atomic E-state index is 13.1. The van der Waals surface area contributed by atoms with Crippen molar-refractivity contribution in [3.05, 3.63) is 58.9 Å². The van der Waals surface area contributed by atoms with E-state index in [4.69, 9.17) is 11.6 Å². The first-order valence-corrected chi connectivity index (χ1v) is 9.89. The van der Waals surface area contributed by atoms with Crippen molar-refractivity contribution in [2.24, 2.45) is 0 Å². The molecule has 1 amide bonds. The summed E-state index contributed by atoms with van der Waals surface area (Å²) in [7, 11) is -3.89. The molecule has 5 nitrogen and oxygen atoms in total. The average molecular weight is 397 g/mol. The molecule has 0 spiro atoms. The Bertz CT molecular complexity index is 947. The predicted molar refractivity (Wildman–Crippen MR) is 98.3 cm³/mol. The van der Waals surface area contributed by atoms with Gasteiger partial charge >= 0.3 is 0 Å². The zero-order chi connectivity index (χ0) is 19.1. The lowest BCUT2D eigenvalue weighted by molar-refractivity contribution is -0.123. The van der Waals surface area contributed by atoms with E-state index in [-0.39, 0.29) is 23.9 Å². The predicted octanol–water partition coefficient (Wildman–Crippen LogP) is 3.21. The van der Waals surface area contributed by atoms with Gasteiger partial charge in [-0.3, -0.25) is 4.79 Å². The first-order valence-electron chi connectivity index (χ1n) is 8.07. The van der Waals surface area contributed by atoms with E-state index in [1.54, 1.807) is 30.0 Å². The van der Waals surface area contributed by atoms with E-state index < -0.39 is 21.9 Å². The number of sulfonamides is 1. The monoisotopic (exact) mass is 396 g/mol. The number of halogens is 2. The first-order chi connectivity index (χ1) is 12.2. The zero-order valence-electron chi connectivity index (χ0n) is 14.3. The molecule has 2 aromatic rings. The summed E-state index contributed by atoms with van der Waals surface area (Å²) in [5, 5.41) is 0.546. The van der Waals surface area contributed by atoms with Crippen molar-refractivity contribution in [3.63, 3.8) is 0 Å². The van der Waals surface area contributed by atoms with Crippen LogP contribution in [0, 0.1) is 12.7 Å². The van der Waals surface area contributed by atoms with Crippen LogP contribution in [0.1, 0.15) is 12.5 Å². The zero-order valence-corrected chi connectivity index (χ0v) is 15.9. The van der Waals surface area contributed by atoms with Gasteiger partial charge in [-0.05, 0) is 55.8 Å². The number of carbonyl (C=O) groups excluding carboxylic acids is 1. The number of anilines is 1. The van der Waals surface area contributed by atoms with Gasteiger partial charge in [0.25, 0.3) is 0 Å². The van der Waals surface area contributed by atoms with Gasteiger partial charge < -0.3 is 4.90 Å². The Balaban J connectivity index is 1.90. The molecule has 1 aliphatic rings. The number of hydrogen-bond donors (Lipinski definition) is 0. The number of nitrogens with zero attached hydrogens (tertiary/aromatic N) is 2. The maximum absolute atomic E-state index is 13.1. The third-order valence-electron chi connectivity index (χ3n) is 4.55. The number of amides is 1. The van der Waals surface area contributed by atoms with Crippen LogP contribution in [-0.2, 0) is 14.8 Å². The van der Waals surface area contributed by atoms with Crippen LogP contribution < -0.4 is 4.90 Å². The van der Waals surface area contributed by atoms with Gasteiger partial charge in [-0.2, -0.15) is 4.31 Å².